The lowest BCUT2D eigenvalue weighted by Crippen LogP contribution is -1.91. The number of rotatable bonds is 1. The van der Waals surface area contributed by atoms with Gasteiger partial charge in [0, 0.05) is 6.07 Å². The quantitative estimate of drug-likeness (QED) is 0.605. The van der Waals surface area contributed by atoms with E-state index in [4.69, 9.17) is 5.26 Å². The molecule has 0 N–H and O–H groups in total. The van der Waals surface area contributed by atoms with Crippen LogP contribution in [0.1, 0.15) is 5.69 Å². The summed E-state index contributed by atoms with van der Waals surface area (Å²) >= 11 is 0. The number of halogens is 1. The van der Waals surface area contributed by atoms with Crippen LogP contribution < -0.4 is 4.74 Å². The first kappa shape index (κ1) is 7.48. The van der Waals surface area contributed by atoms with Crippen LogP contribution in [0, 0.1) is 17.1 Å². The second kappa shape index (κ2) is 2.97. The average molecular weight is 152 g/mol. The minimum Gasteiger partial charge on any atom is -0.494 e. The van der Waals surface area contributed by atoms with Gasteiger partial charge >= 0.3 is 0 Å². The van der Waals surface area contributed by atoms with Crippen LogP contribution in [0.15, 0.2) is 12.3 Å². The van der Waals surface area contributed by atoms with Gasteiger partial charge in [-0.2, -0.15) is 5.26 Å². The highest BCUT2D eigenvalue weighted by Gasteiger charge is 2.02. The highest BCUT2D eigenvalue weighted by molar-refractivity contribution is 5.30. The smallest absolute Gasteiger partial charge is 0.183 e. The molecule has 0 aliphatic heterocycles. The Balaban J connectivity index is 3.15. The van der Waals surface area contributed by atoms with Gasteiger partial charge < -0.3 is 4.74 Å². The molecule has 0 atom stereocenters. The van der Waals surface area contributed by atoms with Crippen molar-refractivity contribution in [2.24, 2.45) is 0 Å². The molecule has 1 rings (SSSR count). The third-order valence-electron chi connectivity index (χ3n) is 1.15. The molecule has 1 aromatic heterocycles. The van der Waals surface area contributed by atoms with E-state index in [1.807, 2.05) is 0 Å². The maximum Gasteiger partial charge on any atom is 0.183 e. The van der Waals surface area contributed by atoms with Gasteiger partial charge in [0.2, 0.25) is 0 Å². The summed E-state index contributed by atoms with van der Waals surface area (Å²) in [4.78, 5) is 3.49. The molecule has 0 aromatic carbocycles. The summed E-state index contributed by atoms with van der Waals surface area (Å²) < 4.78 is 17.2. The summed E-state index contributed by atoms with van der Waals surface area (Å²) in [5.41, 5.74) is 0.142. The summed E-state index contributed by atoms with van der Waals surface area (Å²) in [6.07, 6.45) is 0.956. The number of methoxy groups -OCH3 is 1. The summed E-state index contributed by atoms with van der Waals surface area (Å²) in [7, 11) is 1.33. The van der Waals surface area contributed by atoms with Crippen molar-refractivity contribution in [2.45, 2.75) is 0 Å². The molecule has 0 unspecified atom stereocenters. The molecule has 0 aliphatic carbocycles. The van der Waals surface area contributed by atoms with Gasteiger partial charge in [0.05, 0.1) is 13.3 Å². The standard InChI is InChI=1S/C7H5FN2O/c1-11-7-2-5(3-9)10-4-6(7)8/h2,4H,1H3. The molecule has 0 bridgehead atoms. The number of hydrogen-bond donors (Lipinski definition) is 0. The molecule has 0 fully saturated rings. The molecule has 0 radical (unpaired) electrons. The lowest BCUT2D eigenvalue weighted by atomic mass is 10.3. The summed E-state index contributed by atoms with van der Waals surface area (Å²) in [5, 5.41) is 8.36. The third kappa shape index (κ3) is 1.44. The maximum absolute atomic E-state index is 12.6. The van der Waals surface area contributed by atoms with Crippen molar-refractivity contribution in [3.8, 4) is 11.8 Å². The number of ether oxygens (including phenoxy) is 1. The highest BCUT2D eigenvalue weighted by atomic mass is 19.1. The van der Waals surface area contributed by atoms with Crippen LogP contribution in [0.4, 0.5) is 4.39 Å². The molecule has 1 aromatic rings. The Kier molecular flexibility index (Phi) is 2.02. The molecule has 56 valence electrons. The Bertz CT molecular complexity index is 306. The van der Waals surface area contributed by atoms with E-state index < -0.39 is 5.82 Å². The van der Waals surface area contributed by atoms with E-state index >= 15 is 0 Å². The highest BCUT2D eigenvalue weighted by Crippen LogP contribution is 2.14. The third-order valence-corrected chi connectivity index (χ3v) is 1.15. The molecule has 1 heterocycles. The molecule has 3 nitrogen and oxygen atoms in total. The first-order valence-electron chi connectivity index (χ1n) is 2.87. The van der Waals surface area contributed by atoms with Gasteiger partial charge in [0.15, 0.2) is 11.6 Å². The van der Waals surface area contributed by atoms with Crippen LogP contribution in [0.5, 0.6) is 5.75 Å². The van der Waals surface area contributed by atoms with E-state index in [1.165, 1.54) is 13.2 Å². The second-order valence-electron chi connectivity index (χ2n) is 1.82. The van der Waals surface area contributed by atoms with Gasteiger partial charge in [-0.05, 0) is 0 Å². The Hall–Kier alpha value is -1.63. The van der Waals surface area contributed by atoms with E-state index in [0.29, 0.717) is 0 Å². The molecule has 0 saturated carbocycles. The van der Waals surface area contributed by atoms with Crippen LogP contribution in [-0.2, 0) is 0 Å². The van der Waals surface area contributed by atoms with Crippen LogP contribution in [-0.4, -0.2) is 12.1 Å². The van der Waals surface area contributed by atoms with E-state index in [0.717, 1.165) is 6.20 Å². The first-order chi connectivity index (χ1) is 5.27. The van der Waals surface area contributed by atoms with Gasteiger partial charge in [0.25, 0.3) is 0 Å². The Morgan fingerprint density at radius 2 is 2.45 bits per heavy atom. The molecule has 0 aliphatic rings. The van der Waals surface area contributed by atoms with Gasteiger partial charge in [-0.3, -0.25) is 0 Å². The van der Waals surface area contributed by atoms with Gasteiger partial charge in [0.1, 0.15) is 11.8 Å². The lowest BCUT2D eigenvalue weighted by Gasteiger charge is -1.99. The molecule has 0 spiro atoms. The van der Waals surface area contributed by atoms with Gasteiger partial charge in [-0.15, -0.1) is 0 Å². The Labute approximate surface area is 63.1 Å². The zero-order chi connectivity index (χ0) is 8.27. The second-order valence-corrected chi connectivity index (χ2v) is 1.82. The predicted molar refractivity (Wildman–Crippen MR) is 35.5 cm³/mol. The Morgan fingerprint density at radius 1 is 1.73 bits per heavy atom. The first-order valence-corrected chi connectivity index (χ1v) is 2.87. The summed E-state index contributed by atoms with van der Waals surface area (Å²) in [5.74, 6) is -0.525. The number of nitrogens with zero attached hydrogens (tertiary/aromatic N) is 2. The van der Waals surface area contributed by atoms with Gasteiger partial charge in [-0.1, -0.05) is 0 Å². The largest absolute Gasteiger partial charge is 0.494 e. The van der Waals surface area contributed by atoms with Gasteiger partial charge in [-0.25, -0.2) is 9.37 Å². The fourth-order valence-corrected chi connectivity index (χ4v) is 0.638. The van der Waals surface area contributed by atoms with Crippen molar-refractivity contribution in [3.63, 3.8) is 0 Å². The molecular weight excluding hydrogens is 147 g/mol. The molecule has 0 saturated heterocycles. The lowest BCUT2D eigenvalue weighted by molar-refractivity contribution is 0.385. The topological polar surface area (TPSA) is 45.9 Å². The molecule has 0 amide bonds. The van der Waals surface area contributed by atoms with E-state index in [-0.39, 0.29) is 11.4 Å². The fourth-order valence-electron chi connectivity index (χ4n) is 0.638. The summed E-state index contributed by atoms with van der Waals surface area (Å²) in [6.45, 7) is 0. The number of nitriles is 1. The van der Waals surface area contributed by atoms with E-state index in [2.05, 4.69) is 9.72 Å². The predicted octanol–water partition coefficient (Wildman–Crippen LogP) is 1.10. The fraction of sp³-hybridized carbons (Fsp3) is 0.143. The van der Waals surface area contributed by atoms with E-state index in [1.54, 1.807) is 6.07 Å². The molecule has 11 heavy (non-hydrogen) atoms. The zero-order valence-corrected chi connectivity index (χ0v) is 5.84. The maximum atomic E-state index is 12.6. The van der Waals surface area contributed by atoms with Crippen molar-refractivity contribution >= 4 is 0 Å². The SMILES string of the molecule is COc1cc(C#N)ncc1F. The van der Waals surface area contributed by atoms with Crippen molar-refractivity contribution in [3.05, 3.63) is 23.8 Å². The number of aromatic nitrogens is 1. The van der Waals surface area contributed by atoms with Crippen LogP contribution in [0.3, 0.4) is 0 Å². The molecular formula is C7H5FN2O. The summed E-state index contributed by atoms with van der Waals surface area (Å²) in [6, 6.07) is 3.02. The van der Waals surface area contributed by atoms with E-state index in [9.17, 15) is 4.39 Å². The monoisotopic (exact) mass is 152 g/mol. The van der Waals surface area contributed by atoms with Crippen molar-refractivity contribution in [1.29, 1.82) is 5.26 Å². The Morgan fingerprint density at radius 3 is 3.00 bits per heavy atom. The van der Waals surface area contributed by atoms with Crippen molar-refractivity contribution < 1.29 is 9.13 Å². The minimum absolute atomic E-state index is 0.0385. The normalized spacial score (nSPS) is 8.82. The number of hydrogen-bond acceptors (Lipinski definition) is 3. The molecule has 4 heteroatoms. The minimum atomic E-state index is -0.563. The number of pyridine rings is 1. The van der Waals surface area contributed by atoms with Crippen molar-refractivity contribution in [2.75, 3.05) is 7.11 Å². The van der Waals surface area contributed by atoms with Crippen molar-refractivity contribution in [1.82, 2.24) is 4.98 Å². The van der Waals surface area contributed by atoms with Crippen LogP contribution >= 0.6 is 0 Å². The average Bonchev–Trinajstić information content (AvgIpc) is 2.05. The zero-order valence-electron chi connectivity index (χ0n) is 5.84. The van der Waals surface area contributed by atoms with Crippen LogP contribution in [0.2, 0.25) is 0 Å². The van der Waals surface area contributed by atoms with Crippen LogP contribution in [0.25, 0.3) is 0 Å².